The number of ether oxygens (including phenoxy) is 1. The van der Waals surface area contributed by atoms with Gasteiger partial charge in [0.1, 0.15) is 6.04 Å². The van der Waals surface area contributed by atoms with Crippen molar-refractivity contribution in [3.8, 4) is 0 Å². The summed E-state index contributed by atoms with van der Waals surface area (Å²) in [5, 5.41) is 2.92. The molecule has 166 valence electrons. The second-order valence-corrected chi connectivity index (χ2v) is 7.59. The fourth-order valence-corrected chi connectivity index (χ4v) is 3.62. The Bertz CT molecular complexity index is 962. The third kappa shape index (κ3) is 6.79. The Balaban J connectivity index is 1.88. The maximum atomic E-state index is 13.5. The van der Waals surface area contributed by atoms with Gasteiger partial charge in [0, 0.05) is 26.6 Å². The number of rotatable bonds is 11. The van der Waals surface area contributed by atoms with E-state index in [1.54, 1.807) is 12.0 Å². The monoisotopic (exact) mass is 430 g/mol. The quantitative estimate of drug-likeness (QED) is 0.465. The Kier molecular flexibility index (Phi) is 9.02. The molecule has 5 nitrogen and oxygen atoms in total. The lowest BCUT2D eigenvalue weighted by molar-refractivity contribution is -0.141. The molecule has 3 aromatic carbocycles. The van der Waals surface area contributed by atoms with E-state index in [9.17, 15) is 9.59 Å². The molecule has 0 bridgehead atoms. The van der Waals surface area contributed by atoms with Crippen molar-refractivity contribution in [1.82, 2.24) is 10.2 Å². The molecule has 1 atom stereocenters. The zero-order valence-electron chi connectivity index (χ0n) is 18.4. The molecule has 0 aliphatic heterocycles. The van der Waals surface area contributed by atoms with Gasteiger partial charge in [0.05, 0.1) is 6.61 Å². The third-order valence-corrected chi connectivity index (χ3v) is 5.27. The predicted octanol–water partition coefficient (Wildman–Crippen LogP) is 4.15. The zero-order valence-corrected chi connectivity index (χ0v) is 18.4. The second kappa shape index (κ2) is 12.4. The van der Waals surface area contributed by atoms with Gasteiger partial charge in [0.15, 0.2) is 0 Å². The van der Waals surface area contributed by atoms with Crippen LogP contribution in [0.25, 0.3) is 0 Å². The lowest BCUT2D eigenvalue weighted by Crippen LogP contribution is -2.44. The molecule has 5 heteroatoms. The summed E-state index contributed by atoms with van der Waals surface area (Å²) < 4.78 is 5.07. The summed E-state index contributed by atoms with van der Waals surface area (Å²) in [5.41, 5.74) is 2.86. The zero-order chi connectivity index (χ0) is 22.6. The number of carbonyl (C=O) groups is 2. The summed E-state index contributed by atoms with van der Waals surface area (Å²) in [6.45, 7) is 1.15. The Labute approximate surface area is 190 Å². The molecule has 3 rings (SSSR count). The number of hydrogen-bond acceptors (Lipinski definition) is 3. The minimum Gasteiger partial charge on any atom is -0.383 e. The molecule has 0 unspecified atom stereocenters. The molecule has 0 spiro atoms. The fourth-order valence-electron chi connectivity index (χ4n) is 3.62. The molecule has 0 saturated carbocycles. The first-order valence-electron chi connectivity index (χ1n) is 10.9. The average molecular weight is 431 g/mol. The van der Waals surface area contributed by atoms with Gasteiger partial charge in [0.2, 0.25) is 11.8 Å². The van der Waals surface area contributed by atoms with Crippen molar-refractivity contribution in [3.63, 3.8) is 0 Å². The molecule has 32 heavy (non-hydrogen) atoms. The van der Waals surface area contributed by atoms with Gasteiger partial charge in [-0.3, -0.25) is 9.59 Å². The Morgan fingerprint density at radius 1 is 0.844 bits per heavy atom. The minimum absolute atomic E-state index is 0.0616. The highest BCUT2D eigenvalue weighted by Crippen LogP contribution is 2.25. The first-order chi connectivity index (χ1) is 15.7. The normalized spacial score (nSPS) is 11.5. The van der Waals surface area contributed by atoms with Gasteiger partial charge in [0.25, 0.3) is 0 Å². The van der Waals surface area contributed by atoms with Crippen molar-refractivity contribution in [2.45, 2.75) is 25.4 Å². The number of benzene rings is 3. The number of nitrogens with one attached hydrogen (secondary N) is 1. The maximum absolute atomic E-state index is 13.5. The average Bonchev–Trinajstić information content (AvgIpc) is 2.84. The predicted molar refractivity (Wildman–Crippen MR) is 126 cm³/mol. The van der Waals surface area contributed by atoms with Crippen molar-refractivity contribution in [3.05, 3.63) is 108 Å². The summed E-state index contributed by atoms with van der Waals surface area (Å²) in [6.07, 6.45) is 0.948. The van der Waals surface area contributed by atoms with E-state index in [1.165, 1.54) is 0 Å². The van der Waals surface area contributed by atoms with Crippen molar-refractivity contribution in [2.24, 2.45) is 0 Å². The molecule has 0 radical (unpaired) electrons. The van der Waals surface area contributed by atoms with Gasteiger partial charge in [-0.1, -0.05) is 91.0 Å². The maximum Gasteiger partial charge on any atom is 0.247 e. The summed E-state index contributed by atoms with van der Waals surface area (Å²) in [4.78, 5) is 28.4. The molecule has 0 aliphatic carbocycles. The highest BCUT2D eigenvalue weighted by molar-refractivity contribution is 5.88. The van der Waals surface area contributed by atoms with Crippen molar-refractivity contribution >= 4 is 11.8 Å². The van der Waals surface area contributed by atoms with Crippen LogP contribution in [-0.2, 0) is 27.3 Å². The summed E-state index contributed by atoms with van der Waals surface area (Å²) in [6, 6.07) is 28.4. The second-order valence-electron chi connectivity index (χ2n) is 7.59. The molecule has 0 heterocycles. The van der Waals surface area contributed by atoms with Gasteiger partial charge in [-0.25, -0.2) is 0 Å². The van der Waals surface area contributed by atoms with Crippen LogP contribution in [0.3, 0.4) is 0 Å². The number of carbonyl (C=O) groups excluding carboxylic acids is 2. The molecule has 0 aromatic heterocycles. The van der Waals surface area contributed by atoms with E-state index in [4.69, 9.17) is 4.74 Å². The number of aryl methyl sites for hydroxylation is 1. The number of hydrogen-bond donors (Lipinski definition) is 1. The first kappa shape index (κ1) is 23.2. The van der Waals surface area contributed by atoms with Gasteiger partial charge in [-0.15, -0.1) is 0 Å². The van der Waals surface area contributed by atoms with Gasteiger partial charge in [-0.2, -0.15) is 0 Å². The van der Waals surface area contributed by atoms with Crippen LogP contribution in [0.2, 0.25) is 0 Å². The van der Waals surface area contributed by atoms with Crippen LogP contribution in [0.4, 0.5) is 0 Å². The van der Waals surface area contributed by atoms with Crippen LogP contribution >= 0.6 is 0 Å². The molecule has 3 aromatic rings. The molecule has 0 aliphatic rings. The van der Waals surface area contributed by atoms with Crippen LogP contribution in [0.15, 0.2) is 91.0 Å². The lowest BCUT2D eigenvalue weighted by atomic mass is 10.0. The van der Waals surface area contributed by atoms with E-state index in [1.807, 2.05) is 91.0 Å². The summed E-state index contributed by atoms with van der Waals surface area (Å²) in [5.74, 6) is -0.273. The highest BCUT2D eigenvalue weighted by atomic mass is 16.5. The Morgan fingerprint density at radius 3 is 2.00 bits per heavy atom. The highest BCUT2D eigenvalue weighted by Gasteiger charge is 2.31. The molecule has 1 N–H and O–H groups in total. The summed E-state index contributed by atoms with van der Waals surface area (Å²) >= 11 is 0. The standard InChI is InChI=1S/C27H30N2O3/c1-32-20-19-28-27(31)26(24-15-9-4-10-16-24)29(21-23-13-7-3-8-14-23)25(30)18-17-22-11-5-2-6-12-22/h2-16,26H,17-21H2,1H3,(H,28,31)/t26-/m1/s1. The summed E-state index contributed by atoms with van der Waals surface area (Å²) in [7, 11) is 1.59. The molecule has 2 amide bonds. The van der Waals surface area contributed by atoms with E-state index in [0.29, 0.717) is 32.5 Å². The van der Waals surface area contributed by atoms with E-state index in [-0.39, 0.29) is 11.8 Å². The van der Waals surface area contributed by atoms with E-state index >= 15 is 0 Å². The van der Waals surface area contributed by atoms with Crippen LogP contribution in [-0.4, -0.2) is 37.0 Å². The van der Waals surface area contributed by atoms with Gasteiger partial charge < -0.3 is 15.0 Å². The topological polar surface area (TPSA) is 58.6 Å². The molecule has 0 fully saturated rings. The molecule has 0 saturated heterocycles. The van der Waals surface area contributed by atoms with Crippen molar-refractivity contribution in [2.75, 3.05) is 20.3 Å². The SMILES string of the molecule is COCCNC(=O)[C@@H](c1ccccc1)N(Cc1ccccc1)C(=O)CCc1ccccc1. The van der Waals surface area contributed by atoms with E-state index < -0.39 is 6.04 Å². The van der Waals surface area contributed by atoms with Crippen molar-refractivity contribution in [1.29, 1.82) is 0 Å². The molecular weight excluding hydrogens is 400 g/mol. The largest absolute Gasteiger partial charge is 0.383 e. The fraction of sp³-hybridized carbons (Fsp3) is 0.259. The van der Waals surface area contributed by atoms with Crippen LogP contribution in [0, 0.1) is 0 Å². The van der Waals surface area contributed by atoms with E-state index in [2.05, 4.69) is 5.32 Å². The number of nitrogens with zero attached hydrogens (tertiary/aromatic N) is 1. The smallest absolute Gasteiger partial charge is 0.247 e. The van der Waals surface area contributed by atoms with Gasteiger partial charge >= 0.3 is 0 Å². The van der Waals surface area contributed by atoms with Crippen LogP contribution in [0.5, 0.6) is 0 Å². The van der Waals surface area contributed by atoms with E-state index in [0.717, 1.165) is 16.7 Å². The van der Waals surface area contributed by atoms with Crippen LogP contribution < -0.4 is 5.32 Å². The van der Waals surface area contributed by atoms with Crippen LogP contribution in [0.1, 0.15) is 29.2 Å². The third-order valence-electron chi connectivity index (χ3n) is 5.27. The Hall–Kier alpha value is -3.44. The Morgan fingerprint density at radius 2 is 1.41 bits per heavy atom. The minimum atomic E-state index is -0.725. The molecular formula is C27H30N2O3. The van der Waals surface area contributed by atoms with Gasteiger partial charge in [-0.05, 0) is 23.1 Å². The number of methoxy groups -OCH3 is 1. The lowest BCUT2D eigenvalue weighted by Gasteiger charge is -2.32. The number of amides is 2. The van der Waals surface area contributed by atoms with Crippen molar-refractivity contribution < 1.29 is 14.3 Å². The first-order valence-corrected chi connectivity index (χ1v) is 10.9.